The van der Waals surface area contributed by atoms with Crippen LogP contribution in [0.25, 0.3) is 0 Å². The molecule has 28 heavy (non-hydrogen) atoms. The van der Waals surface area contributed by atoms with E-state index >= 15 is 0 Å². The van der Waals surface area contributed by atoms with Gasteiger partial charge in [0.1, 0.15) is 0 Å². The maximum atomic E-state index is 13.5. The number of amides is 1. The van der Waals surface area contributed by atoms with Crippen LogP contribution in [0.1, 0.15) is 42.1 Å². The predicted octanol–water partition coefficient (Wildman–Crippen LogP) is 3.94. The van der Waals surface area contributed by atoms with E-state index in [4.69, 9.17) is 11.6 Å². The molecule has 0 radical (unpaired) electrons. The van der Waals surface area contributed by atoms with E-state index in [-0.39, 0.29) is 11.9 Å². The Morgan fingerprint density at radius 1 is 1.11 bits per heavy atom. The number of rotatable bonds is 3. The normalized spacial score (nSPS) is 28.8. The Hall–Kier alpha value is -1.91. The summed E-state index contributed by atoms with van der Waals surface area (Å²) >= 11 is 6.11. The fraction of sp³-hybridized carbons (Fsp3) is 0.478. The van der Waals surface area contributed by atoms with Crippen LogP contribution in [0.3, 0.4) is 0 Å². The molecule has 0 spiro atoms. The molecule has 0 N–H and O–H groups in total. The van der Waals surface area contributed by atoms with Crippen molar-refractivity contribution in [1.29, 1.82) is 0 Å². The molecule has 5 heterocycles. The van der Waals surface area contributed by atoms with Crippen molar-refractivity contribution in [2.45, 2.75) is 31.7 Å². The maximum Gasteiger partial charge on any atom is 0.223 e. The summed E-state index contributed by atoms with van der Waals surface area (Å²) in [7, 11) is 0. The Labute approximate surface area is 171 Å². The van der Waals surface area contributed by atoms with E-state index in [0.29, 0.717) is 17.4 Å². The molecule has 2 atom stereocenters. The second kappa shape index (κ2) is 7.49. The van der Waals surface area contributed by atoms with Gasteiger partial charge >= 0.3 is 0 Å². The van der Waals surface area contributed by atoms with Gasteiger partial charge in [0.15, 0.2) is 0 Å². The van der Waals surface area contributed by atoms with Crippen molar-refractivity contribution in [3.8, 4) is 0 Å². The molecular formula is C23H26ClN3O. The van der Waals surface area contributed by atoms with Gasteiger partial charge in [-0.3, -0.25) is 9.78 Å². The first kappa shape index (κ1) is 18.1. The number of carbonyl (C=O) groups excluding carboxylic acids is 1. The van der Waals surface area contributed by atoms with Crippen LogP contribution in [0, 0.1) is 11.8 Å². The van der Waals surface area contributed by atoms with Gasteiger partial charge in [0.05, 0.1) is 11.7 Å². The average Bonchev–Trinajstić information content (AvgIpc) is 2.74. The number of aromatic nitrogens is 1. The van der Waals surface area contributed by atoms with Gasteiger partial charge in [-0.1, -0.05) is 29.8 Å². The van der Waals surface area contributed by atoms with Gasteiger partial charge in [-0.2, -0.15) is 0 Å². The third kappa shape index (κ3) is 3.33. The fourth-order valence-electron chi connectivity index (χ4n) is 5.34. The number of fused-ring (bicyclic) bond motifs is 4. The summed E-state index contributed by atoms with van der Waals surface area (Å²) in [5, 5.41) is 0.714. The first-order chi connectivity index (χ1) is 13.7. The zero-order chi connectivity index (χ0) is 19.1. The summed E-state index contributed by atoms with van der Waals surface area (Å²) in [5.74, 6) is 1.50. The average molecular weight is 396 g/mol. The lowest BCUT2D eigenvalue weighted by Crippen LogP contribution is -2.49. The van der Waals surface area contributed by atoms with Gasteiger partial charge in [-0.05, 0) is 73.5 Å². The van der Waals surface area contributed by atoms with E-state index in [1.807, 2.05) is 36.5 Å². The van der Waals surface area contributed by atoms with Crippen LogP contribution in [0.2, 0.25) is 5.02 Å². The third-order valence-corrected chi connectivity index (χ3v) is 7.11. The highest BCUT2D eigenvalue weighted by atomic mass is 35.5. The van der Waals surface area contributed by atoms with E-state index in [1.54, 1.807) is 0 Å². The number of halogens is 1. The molecule has 146 valence electrons. The number of benzene rings is 1. The summed E-state index contributed by atoms with van der Waals surface area (Å²) in [6.45, 7) is 4.27. The lowest BCUT2D eigenvalue weighted by molar-refractivity contribution is -0.136. The molecule has 2 bridgehead atoms. The van der Waals surface area contributed by atoms with Crippen molar-refractivity contribution in [2.24, 2.45) is 11.8 Å². The molecule has 2 unspecified atom stereocenters. The second-order valence-electron chi connectivity index (χ2n) is 8.44. The smallest absolute Gasteiger partial charge is 0.223 e. The molecule has 1 aromatic carbocycles. The molecule has 5 heteroatoms. The second-order valence-corrected chi connectivity index (χ2v) is 8.88. The number of hydrogen-bond donors (Lipinski definition) is 0. The van der Waals surface area contributed by atoms with Crippen LogP contribution in [0.4, 0.5) is 0 Å². The molecule has 6 rings (SSSR count). The lowest BCUT2D eigenvalue weighted by atomic mass is 9.77. The Morgan fingerprint density at radius 2 is 1.89 bits per heavy atom. The molecule has 4 aliphatic heterocycles. The SMILES string of the molecule is O=C(CC1CN2CCC1CC2)N1CCc2cccnc2C1c1ccc(Cl)cc1. The van der Waals surface area contributed by atoms with Crippen LogP contribution in [0.5, 0.6) is 0 Å². The van der Waals surface area contributed by atoms with E-state index < -0.39 is 0 Å². The summed E-state index contributed by atoms with van der Waals surface area (Å²) in [6, 6.07) is 11.9. The third-order valence-electron chi connectivity index (χ3n) is 6.85. The fourth-order valence-corrected chi connectivity index (χ4v) is 5.46. The molecule has 4 nitrogen and oxygen atoms in total. The summed E-state index contributed by atoms with van der Waals surface area (Å²) in [6.07, 6.45) is 5.88. The topological polar surface area (TPSA) is 36.4 Å². The number of nitrogens with zero attached hydrogens (tertiary/aromatic N) is 3. The van der Waals surface area contributed by atoms with E-state index in [0.717, 1.165) is 36.7 Å². The zero-order valence-electron chi connectivity index (χ0n) is 16.1. The summed E-state index contributed by atoms with van der Waals surface area (Å²) in [5.41, 5.74) is 3.35. The molecule has 4 aliphatic rings. The van der Waals surface area contributed by atoms with Crippen molar-refractivity contribution < 1.29 is 4.79 Å². The molecule has 1 aromatic heterocycles. The Balaban J connectivity index is 1.43. The van der Waals surface area contributed by atoms with Crippen LogP contribution in [0.15, 0.2) is 42.6 Å². The van der Waals surface area contributed by atoms with Gasteiger partial charge in [0.25, 0.3) is 0 Å². The van der Waals surface area contributed by atoms with Crippen molar-refractivity contribution in [3.05, 3.63) is 64.4 Å². The summed E-state index contributed by atoms with van der Waals surface area (Å²) < 4.78 is 0. The van der Waals surface area contributed by atoms with Crippen molar-refractivity contribution >= 4 is 17.5 Å². The minimum atomic E-state index is -0.115. The van der Waals surface area contributed by atoms with Gasteiger partial charge in [0, 0.05) is 30.7 Å². The highest BCUT2D eigenvalue weighted by molar-refractivity contribution is 6.30. The minimum Gasteiger partial charge on any atom is -0.330 e. The largest absolute Gasteiger partial charge is 0.330 e. The molecule has 0 saturated carbocycles. The Bertz CT molecular complexity index is 860. The van der Waals surface area contributed by atoms with Gasteiger partial charge in [-0.15, -0.1) is 0 Å². The first-order valence-corrected chi connectivity index (χ1v) is 10.8. The first-order valence-electron chi connectivity index (χ1n) is 10.4. The van der Waals surface area contributed by atoms with E-state index in [2.05, 4.69) is 20.9 Å². The molecule has 2 aromatic rings. The van der Waals surface area contributed by atoms with Gasteiger partial charge < -0.3 is 9.80 Å². The van der Waals surface area contributed by atoms with Crippen molar-refractivity contribution in [3.63, 3.8) is 0 Å². The number of piperidine rings is 3. The monoisotopic (exact) mass is 395 g/mol. The highest BCUT2D eigenvalue weighted by Crippen LogP contribution is 2.38. The molecular weight excluding hydrogens is 370 g/mol. The Morgan fingerprint density at radius 3 is 2.61 bits per heavy atom. The van der Waals surface area contributed by atoms with Gasteiger partial charge in [-0.25, -0.2) is 0 Å². The van der Waals surface area contributed by atoms with Crippen LogP contribution in [-0.4, -0.2) is 46.9 Å². The van der Waals surface area contributed by atoms with E-state index in [9.17, 15) is 4.79 Å². The molecule has 0 aliphatic carbocycles. The maximum absolute atomic E-state index is 13.5. The highest BCUT2D eigenvalue weighted by Gasteiger charge is 2.38. The zero-order valence-corrected chi connectivity index (χ0v) is 16.8. The molecule has 3 saturated heterocycles. The van der Waals surface area contributed by atoms with Crippen molar-refractivity contribution in [1.82, 2.24) is 14.8 Å². The predicted molar refractivity (Wildman–Crippen MR) is 110 cm³/mol. The number of pyridine rings is 1. The lowest BCUT2D eigenvalue weighted by Gasteiger charge is -2.45. The summed E-state index contributed by atoms with van der Waals surface area (Å²) in [4.78, 5) is 22.7. The molecule has 1 amide bonds. The van der Waals surface area contributed by atoms with Crippen LogP contribution in [-0.2, 0) is 11.2 Å². The van der Waals surface area contributed by atoms with Crippen LogP contribution >= 0.6 is 11.6 Å². The van der Waals surface area contributed by atoms with Crippen LogP contribution < -0.4 is 0 Å². The van der Waals surface area contributed by atoms with Crippen molar-refractivity contribution in [2.75, 3.05) is 26.2 Å². The molecule has 3 fully saturated rings. The quantitative estimate of drug-likeness (QED) is 0.789. The number of carbonyl (C=O) groups is 1. The number of hydrogen-bond acceptors (Lipinski definition) is 3. The minimum absolute atomic E-state index is 0.115. The van der Waals surface area contributed by atoms with Gasteiger partial charge in [0.2, 0.25) is 5.91 Å². The van der Waals surface area contributed by atoms with E-state index in [1.165, 1.54) is 31.5 Å². The standard InChI is InChI=1S/C23H26ClN3O/c24-20-5-3-18(4-6-20)23-22-17(2-1-10-25-22)9-13-27(23)21(28)14-19-15-26-11-7-16(19)8-12-26/h1-6,10,16,19,23H,7-9,11-15H2. The Kier molecular flexibility index (Phi) is 4.85.